The summed E-state index contributed by atoms with van der Waals surface area (Å²) in [5.41, 5.74) is 8.78. The maximum Gasteiger partial charge on any atom is 0.159 e. The number of benzene rings is 1. The zero-order valence-electron chi connectivity index (χ0n) is 11.7. The van der Waals surface area contributed by atoms with Crippen molar-refractivity contribution in [3.05, 3.63) is 46.8 Å². The molecule has 5 heteroatoms. The lowest BCUT2D eigenvalue weighted by Crippen LogP contribution is -2.14. The van der Waals surface area contributed by atoms with Gasteiger partial charge >= 0.3 is 0 Å². The molecule has 0 radical (unpaired) electrons. The van der Waals surface area contributed by atoms with Gasteiger partial charge in [-0.15, -0.1) is 0 Å². The van der Waals surface area contributed by atoms with E-state index in [-0.39, 0.29) is 5.92 Å². The molecule has 3 nitrogen and oxygen atoms in total. The lowest BCUT2D eigenvalue weighted by molar-refractivity contribution is 0.509. The highest BCUT2D eigenvalue weighted by Gasteiger charge is 2.15. The van der Waals surface area contributed by atoms with Gasteiger partial charge in [-0.3, -0.25) is 0 Å². The summed E-state index contributed by atoms with van der Waals surface area (Å²) in [5, 5.41) is 0. The van der Waals surface area contributed by atoms with Crippen LogP contribution in [0, 0.1) is 25.5 Å². The fourth-order valence-electron chi connectivity index (χ4n) is 2.32. The molecule has 0 aliphatic heterocycles. The van der Waals surface area contributed by atoms with Crippen LogP contribution >= 0.6 is 0 Å². The van der Waals surface area contributed by atoms with Gasteiger partial charge in [-0.1, -0.05) is 6.92 Å². The number of nitrogens with two attached hydrogens (primary N) is 1. The quantitative estimate of drug-likeness (QED) is 0.938. The SMILES string of the molecule is Cc1nc(-c2ccc(F)c(F)c2)nc(C)c1C(C)CN. The minimum atomic E-state index is -0.902. The molecule has 0 amide bonds. The van der Waals surface area contributed by atoms with Gasteiger partial charge in [-0.05, 0) is 50.1 Å². The van der Waals surface area contributed by atoms with Crippen molar-refractivity contribution in [2.24, 2.45) is 5.73 Å². The van der Waals surface area contributed by atoms with E-state index < -0.39 is 11.6 Å². The Morgan fingerprint density at radius 3 is 2.20 bits per heavy atom. The van der Waals surface area contributed by atoms with Crippen LogP contribution in [-0.2, 0) is 0 Å². The van der Waals surface area contributed by atoms with E-state index in [1.807, 2.05) is 20.8 Å². The van der Waals surface area contributed by atoms with E-state index in [1.165, 1.54) is 6.07 Å². The third kappa shape index (κ3) is 2.67. The summed E-state index contributed by atoms with van der Waals surface area (Å²) in [4.78, 5) is 8.78. The lowest BCUT2D eigenvalue weighted by atomic mass is 9.98. The molecule has 106 valence electrons. The summed E-state index contributed by atoms with van der Waals surface area (Å²) >= 11 is 0. The van der Waals surface area contributed by atoms with Crippen LogP contribution < -0.4 is 5.73 Å². The number of hydrogen-bond acceptors (Lipinski definition) is 3. The van der Waals surface area contributed by atoms with Gasteiger partial charge in [0.05, 0.1) is 0 Å². The summed E-state index contributed by atoms with van der Waals surface area (Å²) < 4.78 is 26.2. The number of hydrogen-bond donors (Lipinski definition) is 1. The Bertz CT molecular complexity index is 618. The average molecular weight is 277 g/mol. The monoisotopic (exact) mass is 277 g/mol. The number of aryl methyl sites for hydroxylation is 2. The second-order valence-corrected chi connectivity index (χ2v) is 4.90. The summed E-state index contributed by atoms with van der Waals surface area (Å²) in [5.74, 6) is -1.22. The maximum atomic E-state index is 13.3. The van der Waals surface area contributed by atoms with Gasteiger partial charge in [0.2, 0.25) is 0 Å². The summed E-state index contributed by atoms with van der Waals surface area (Å²) in [6.45, 7) is 6.27. The lowest BCUT2D eigenvalue weighted by Gasteiger charge is -2.15. The van der Waals surface area contributed by atoms with E-state index in [9.17, 15) is 8.78 Å². The standard InChI is InChI=1S/C15H17F2N3/c1-8(7-18)14-9(2)19-15(20-10(14)3)11-4-5-12(16)13(17)6-11/h4-6,8H,7,18H2,1-3H3. The first-order valence-corrected chi connectivity index (χ1v) is 6.44. The highest BCUT2D eigenvalue weighted by Crippen LogP contribution is 2.24. The van der Waals surface area contributed by atoms with Gasteiger partial charge in [0.1, 0.15) is 0 Å². The van der Waals surface area contributed by atoms with E-state index in [0.29, 0.717) is 17.9 Å². The van der Waals surface area contributed by atoms with Crippen molar-refractivity contribution in [2.45, 2.75) is 26.7 Å². The molecule has 0 aliphatic rings. The average Bonchev–Trinajstić information content (AvgIpc) is 2.40. The van der Waals surface area contributed by atoms with Crippen LogP contribution in [-0.4, -0.2) is 16.5 Å². The van der Waals surface area contributed by atoms with E-state index in [1.54, 1.807) is 0 Å². The van der Waals surface area contributed by atoms with Crippen LogP contribution in [0.1, 0.15) is 29.8 Å². The van der Waals surface area contributed by atoms with Crippen molar-refractivity contribution in [3.63, 3.8) is 0 Å². The topological polar surface area (TPSA) is 51.8 Å². The molecule has 2 N–H and O–H groups in total. The zero-order chi connectivity index (χ0) is 14.9. The first-order chi connectivity index (χ1) is 9.43. The second-order valence-electron chi connectivity index (χ2n) is 4.90. The van der Waals surface area contributed by atoms with E-state index >= 15 is 0 Å². The molecule has 0 aliphatic carbocycles. The molecule has 1 aromatic heterocycles. The molecule has 2 rings (SSSR count). The zero-order valence-corrected chi connectivity index (χ0v) is 11.7. The summed E-state index contributed by atoms with van der Waals surface area (Å²) in [7, 11) is 0. The fourth-order valence-corrected chi connectivity index (χ4v) is 2.32. The van der Waals surface area contributed by atoms with Crippen molar-refractivity contribution in [1.29, 1.82) is 0 Å². The van der Waals surface area contributed by atoms with Gasteiger partial charge in [-0.25, -0.2) is 18.7 Å². The van der Waals surface area contributed by atoms with Crippen LogP contribution in [0.4, 0.5) is 8.78 Å². The van der Waals surface area contributed by atoms with Crippen molar-refractivity contribution in [1.82, 2.24) is 9.97 Å². The molecular formula is C15H17F2N3. The normalized spacial score (nSPS) is 12.5. The van der Waals surface area contributed by atoms with E-state index in [4.69, 9.17) is 5.73 Å². The molecule has 2 aromatic rings. The van der Waals surface area contributed by atoms with Gasteiger partial charge in [-0.2, -0.15) is 0 Å². The molecule has 0 fully saturated rings. The van der Waals surface area contributed by atoms with Crippen molar-refractivity contribution < 1.29 is 8.78 Å². The molecule has 20 heavy (non-hydrogen) atoms. The third-order valence-electron chi connectivity index (χ3n) is 3.35. The molecule has 1 aromatic carbocycles. The predicted octanol–water partition coefficient (Wildman–Crippen LogP) is 3.10. The maximum absolute atomic E-state index is 13.3. The highest BCUT2D eigenvalue weighted by molar-refractivity contribution is 5.56. The van der Waals surface area contributed by atoms with Crippen LogP contribution in [0.15, 0.2) is 18.2 Å². The Morgan fingerprint density at radius 2 is 1.70 bits per heavy atom. The number of halogens is 2. The molecule has 0 bridgehead atoms. The van der Waals surface area contributed by atoms with Crippen LogP contribution in [0.5, 0.6) is 0 Å². The molecule has 1 unspecified atom stereocenters. The highest BCUT2D eigenvalue weighted by atomic mass is 19.2. The van der Waals surface area contributed by atoms with Crippen molar-refractivity contribution in [3.8, 4) is 11.4 Å². The second kappa shape index (κ2) is 5.63. The Balaban J connectivity index is 2.51. The number of aromatic nitrogens is 2. The molecule has 1 atom stereocenters. The number of rotatable bonds is 3. The third-order valence-corrected chi connectivity index (χ3v) is 3.35. The van der Waals surface area contributed by atoms with Crippen LogP contribution in [0.2, 0.25) is 0 Å². The Kier molecular flexibility index (Phi) is 4.09. The molecular weight excluding hydrogens is 260 g/mol. The smallest absolute Gasteiger partial charge is 0.159 e. The summed E-state index contributed by atoms with van der Waals surface area (Å²) in [6.07, 6.45) is 0. The van der Waals surface area contributed by atoms with Gasteiger partial charge in [0, 0.05) is 17.0 Å². The minimum absolute atomic E-state index is 0.161. The summed E-state index contributed by atoms with van der Waals surface area (Å²) in [6, 6.07) is 3.66. The Morgan fingerprint density at radius 1 is 1.10 bits per heavy atom. The first kappa shape index (κ1) is 14.5. The number of nitrogens with zero attached hydrogens (tertiary/aromatic N) is 2. The van der Waals surface area contributed by atoms with E-state index in [0.717, 1.165) is 29.1 Å². The van der Waals surface area contributed by atoms with E-state index in [2.05, 4.69) is 9.97 Å². The Hall–Kier alpha value is -1.88. The van der Waals surface area contributed by atoms with Crippen molar-refractivity contribution >= 4 is 0 Å². The first-order valence-electron chi connectivity index (χ1n) is 6.44. The molecule has 0 saturated heterocycles. The molecule has 0 spiro atoms. The van der Waals surface area contributed by atoms with Gasteiger partial charge < -0.3 is 5.73 Å². The van der Waals surface area contributed by atoms with Crippen LogP contribution in [0.3, 0.4) is 0 Å². The van der Waals surface area contributed by atoms with Gasteiger partial charge in [0.15, 0.2) is 17.5 Å². The Labute approximate surface area is 116 Å². The predicted molar refractivity (Wildman–Crippen MR) is 74.3 cm³/mol. The van der Waals surface area contributed by atoms with Crippen molar-refractivity contribution in [2.75, 3.05) is 6.54 Å². The molecule has 0 saturated carbocycles. The fraction of sp³-hybridized carbons (Fsp3) is 0.333. The minimum Gasteiger partial charge on any atom is -0.330 e. The largest absolute Gasteiger partial charge is 0.330 e. The molecule has 1 heterocycles. The van der Waals surface area contributed by atoms with Crippen LogP contribution in [0.25, 0.3) is 11.4 Å². The van der Waals surface area contributed by atoms with Gasteiger partial charge in [0.25, 0.3) is 0 Å².